The fraction of sp³-hybridized carbons (Fsp3) is 0.364. The smallest absolute Gasteiger partial charge is 0.210 e. The molecular formula is C22H26N2O2. The normalized spacial score (nSPS) is 19.7. The van der Waals surface area contributed by atoms with Gasteiger partial charge in [0.1, 0.15) is 18.7 Å². The van der Waals surface area contributed by atoms with Crippen LogP contribution in [0.4, 0.5) is 0 Å². The quantitative estimate of drug-likeness (QED) is 0.807. The molecule has 0 N–H and O–H groups in total. The van der Waals surface area contributed by atoms with E-state index in [1.54, 1.807) is 7.11 Å². The van der Waals surface area contributed by atoms with E-state index in [1.165, 1.54) is 5.56 Å². The van der Waals surface area contributed by atoms with Gasteiger partial charge in [-0.05, 0) is 17.0 Å². The Kier molecular flexibility index (Phi) is 6.05. The summed E-state index contributed by atoms with van der Waals surface area (Å²) in [4.78, 5) is 9.70. The Hall–Kier alpha value is -2.62. The molecule has 0 radical (unpaired) electrons. The van der Waals surface area contributed by atoms with Crippen LogP contribution >= 0.6 is 0 Å². The lowest BCUT2D eigenvalue weighted by Gasteiger charge is -2.28. The maximum absolute atomic E-state index is 6.11. The van der Waals surface area contributed by atoms with Crippen molar-refractivity contribution in [2.45, 2.75) is 39.0 Å². The predicted molar refractivity (Wildman–Crippen MR) is 106 cm³/mol. The number of rotatable bonds is 5. The highest BCUT2D eigenvalue weighted by atomic mass is 16.5. The minimum Gasteiger partial charge on any atom is -0.483 e. The van der Waals surface area contributed by atoms with Crippen LogP contribution in [0.15, 0.2) is 70.6 Å². The monoisotopic (exact) mass is 350 g/mol. The molecule has 0 spiro atoms. The van der Waals surface area contributed by atoms with Crippen molar-refractivity contribution < 1.29 is 9.47 Å². The molecule has 2 aromatic carbocycles. The second-order valence-corrected chi connectivity index (χ2v) is 6.81. The highest BCUT2D eigenvalue weighted by Gasteiger charge is 2.31. The average Bonchev–Trinajstić information content (AvgIpc) is 2.68. The van der Waals surface area contributed by atoms with Crippen LogP contribution in [-0.2, 0) is 22.5 Å². The molecule has 0 saturated heterocycles. The van der Waals surface area contributed by atoms with E-state index < -0.39 is 0 Å². The maximum Gasteiger partial charge on any atom is 0.210 e. The third-order valence-corrected chi connectivity index (χ3v) is 4.43. The van der Waals surface area contributed by atoms with Gasteiger partial charge >= 0.3 is 0 Å². The lowest BCUT2D eigenvalue weighted by atomic mass is 10.0. The Labute approximate surface area is 155 Å². The van der Waals surface area contributed by atoms with E-state index in [0.717, 1.165) is 12.0 Å². The second-order valence-electron chi connectivity index (χ2n) is 6.81. The highest BCUT2D eigenvalue weighted by Crippen LogP contribution is 2.21. The summed E-state index contributed by atoms with van der Waals surface area (Å²) in [6.45, 7) is 4.73. The van der Waals surface area contributed by atoms with Gasteiger partial charge in [0.15, 0.2) is 0 Å². The van der Waals surface area contributed by atoms with Crippen molar-refractivity contribution in [3.63, 3.8) is 0 Å². The summed E-state index contributed by atoms with van der Waals surface area (Å²) in [5, 5.41) is 0. The van der Waals surface area contributed by atoms with Crippen molar-refractivity contribution in [2.75, 3.05) is 7.11 Å². The molecule has 1 aliphatic heterocycles. The Balaban J connectivity index is 1.82. The number of ether oxygens (including phenoxy) is 2. The standard InChI is InChI=1S/C22H26N2O2/c1-16(2)20-22(25-3)23-19(14-17-10-6-4-7-11-17)21(24-20)26-15-18-12-8-5-9-13-18/h4-13,16,19-20H,14-15H2,1-3H3/t19-,20+/m1/s1. The van der Waals surface area contributed by atoms with Crippen molar-refractivity contribution in [3.05, 3.63) is 71.8 Å². The van der Waals surface area contributed by atoms with Crippen molar-refractivity contribution in [1.82, 2.24) is 0 Å². The molecule has 1 heterocycles. The first kappa shape index (κ1) is 18.2. The second kappa shape index (κ2) is 8.65. The van der Waals surface area contributed by atoms with Crippen molar-refractivity contribution in [1.29, 1.82) is 0 Å². The van der Waals surface area contributed by atoms with Gasteiger partial charge in [0.05, 0.1) is 7.11 Å². The van der Waals surface area contributed by atoms with E-state index in [4.69, 9.17) is 19.5 Å². The van der Waals surface area contributed by atoms with Crippen LogP contribution in [0.1, 0.15) is 25.0 Å². The number of aliphatic imine (C=N–C) groups is 2. The van der Waals surface area contributed by atoms with E-state index in [-0.39, 0.29) is 12.1 Å². The molecule has 0 unspecified atom stereocenters. The topological polar surface area (TPSA) is 43.2 Å². The van der Waals surface area contributed by atoms with Crippen LogP contribution in [0.2, 0.25) is 0 Å². The number of methoxy groups -OCH3 is 1. The summed E-state index contributed by atoms with van der Waals surface area (Å²) in [5.41, 5.74) is 2.33. The van der Waals surface area contributed by atoms with Gasteiger partial charge in [-0.15, -0.1) is 0 Å². The van der Waals surface area contributed by atoms with Crippen LogP contribution in [0.25, 0.3) is 0 Å². The molecule has 4 heteroatoms. The van der Waals surface area contributed by atoms with Crippen molar-refractivity contribution >= 4 is 11.8 Å². The number of hydrogen-bond donors (Lipinski definition) is 0. The van der Waals surface area contributed by atoms with Crippen LogP contribution in [0.5, 0.6) is 0 Å². The largest absolute Gasteiger partial charge is 0.483 e. The third kappa shape index (κ3) is 4.51. The lowest BCUT2D eigenvalue weighted by molar-refractivity contribution is 0.266. The Bertz CT molecular complexity index is 754. The van der Waals surface area contributed by atoms with Gasteiger partial charge in [0.25, 0.3) is 0 Å². The summed E-state index contributed by atoms with van der Waals surface area (Å²) < 4.78 is 11.6. The van der Waals surface area contributed by atoms with Crippen molar-refractivity contribution in [3.8, 4) is 0 Å². The highest BCUT2D eigenvalue weighted by molar-refractivity contribution is 5.94. The van der Waals surface area contributed by atoms with E-state index >= 15 is 0 Å². The molecule has 4 nitrogen and oxygen atoms in total. The fourth-order valence-electron chi connectivity index (χ4n) is 3.01. The summed E-state index contributed by atoms with van der Waals surface area (Å²) >= 11 is 0. The molecule has 0 saturated carbocycles. The molecule has 0 aromatic heterocycles. The molecule has 136 valence electrons. The van der Waals surface area contributed by atoms with E-state index in [2.05, 4.69) is 38.1 Å². The van der Waals surface area contributed by atoms with Crippen LogP contribution in [0, 0.1) is 5.92 Å². The SMILES string of the molecule is COC1=N[C@H](Cc2ccccc2)C(OCc2ccccc2)=N[C@H]1C(C)C. The van der Waals surface area contributed by atoms with E-state index in [9.17, 15) is 0 Å². The number of hydrogen-bond acceptors (Lipinski definition) is 4. The molecule has 0 fully saturated rings. The Morgan fingerprint density at radius 2 is 1.46 bits per heavy atom. The summed E-state index contributed by atoms with van der Waals surface area (Å²) in [6.07, 6.45) is 0.742. The fourth-order valence-corrected chi connectivity index (χ4v) is 3.01. The van der Waals surface area contributed by atoms with Crippen LogP contribution in [0.3, 0.4) is 0 Å². The molecule has 26 heavy (non-hydrogen) atoms. The molecule has 3 rings (SSSR count). The zero-order valence-corrected chi connectivity index (χ0v) is 15.6. The van der Waals surface area contributed by atoms with Crippen LogP contribution in [-0.4, -0.2) is 31.0 Å². The van der Waals surface area contributed by atoms with Gasteiger partial charge in [-0.2, -0.15) is 0 Å². The van der Waals surface area contributed by atoms with Crippen molar-refractivity contribution in [2.24, 2.45) is 15.9 Å². The first-order valence-corrected chi connectivity index (χ1v) is 9.07. The zero-order valence-electron chi connectivity index (χ0n) is 15.6. The van der Waals surface area contributed by atoms with E-state index in [0.29, 0.717) is 24.3 Å². The molecule has 0 amide bonds. The van der Waals surface area contributed by atoms with Gasteiger partial charge in [-0.25, -0.2) is 9.98 Å². The zero-order chi connectivity index (χ0) is 18.4. The molecule has 2 atom stereocenters. The molecular weight excluding hydrogens is 324 g/mol. The van der Waals surface area contributed by atoms with Gasteiger partial charge in [0, 0.05) is 6.42 Å². The number of nitrogens with zero attached hydrogens (tertiary/aromatic N) is 2. The Morgan fingerprint density at radius 3 is 2.04 bits per heavy atom. The third-order valence-electron chi connectivity index (χ3n) is 4.43. The van der Waals surface area contributed by atoms with Crippen LogP contribution < -0.4 is 0 Å². The molecule has 0 bridgehead atoms. The summed E-state index contributed by atoms with van der Waals surface area (Å²) in [6, 6.07) is 20.2. The molecule has 2 aromatic rings. The Morgan fingerprint density at radius 1 is 0.846 bits per heavy atom. The summed E-state index contributed by atoms with van der Waals surface area (Å²) in [7, 11) is 1.67. The van der Waals surface area contributed by atoms with E-state index in [1.807, 2.05) is 36.4 Å². The van der Waals surface area contributed by atoms with Gasteiger partial charge in [-0.1, -0.05) is 74.5 Å². The first-order valence-electron chi connectivity index (χ1n) is 9.07. The van der Waals surface area contributed by atoms with Gasteiger partial charge in [-0.3, -0.25) is 0 Å². The van der Waals surface area contributed by atoms with Gasteiger partial charge in [0.2, 0.25) is 11.8 Å². The molecule has 1 aliphatic rings. The molecule has 0 aliphatic carbocycles. The van der Waals surface area contributed by atoms with Gasteiger partial charge < -0.3 is 9.47 Å². The predicted octanol–water partition coefficient (Wildman–Crippen LogP) is 4.30. The minimum atomic E-state index is -0.161. The maximum atomic E-state index is 6.11. The summed E-state index contributed by atoms with van der Waals surface area (Å²) in [5.74, 6) is 1.67. The lowest BCUT2D eigenvalue weighted by Crippen LogP contribution is -2.38. The first-order chi connectivity index (χ1) is 12.7. The minimum absolute atomic E-state index is 0.0993. The number of benzene rings is 2. The average molecular weight is 350 g/mol.